The number of piperidine rings is 1. The van der Waals surface area contributed by atoms with Crippen molar-refractivity contribution in [1.29, 1.82) is 0 Å². The summed E-state index contributed by atoms with van der Waals surface area (Å²) in [6.07, 6.45) is 1.22. The molecule has 1 fully saturated rings. The molecule has 2 atom stereocenters. The molecule has 0 spiro atoms. The highest BCUT2D eigenvalue weighted by Crippen LogP contribution is 2.37. The Hall–Kier alpha value is -0.860. The molecule has 18 heavy (non-hydrogen) atoms. The minimum Gasteiger partial charge on any atom is -0.330 e. The van der Waals surface area contributed by atoms with Gasteiger partial charge in [-0.1, -0.05) is 44.2 Å². The normalized spacial score (nSPS) is 25.9. The largest absolute Gasteiger partial charge is 0.330 e. The van der Waals surface area contributed by atoms with Gasteiger partial charge in [0, 0.05) is 12.6 Å². The van der Waals surface area contributed by atoms with E-state index in [0.29, 0.717) is 17.4 Å². The molecule has 1 saturated heterocycles. The van der Waals surface area contributed by atoms with Gasteiger partial charge in [-0.25, -0.2) is 0 Å². The molecule has 0 aromatic heterocycles. The van der Waals surface area contributed by atoms with Gasteiger partial charge in [-0.2, -0.15) is 0 Å². The molecule has 2 heteroatoms. The summed E-state index contributed by atoms with van der Waals surface area (Å²) in [6, 6.07) is 11.3. The summed E-state index contributed by atoms with van der Waals surface area (Å²) in [5, 5.41) is 0. The molecule has 2 nitrogen and oxygen atoms in total. The highest BCUT2D eigenvalue weighted by atomic mass is 15.2. The fourth-order valence-electron chi connectivity index (χ4n) is 3.15. The van der Waals surface area contributed by atoms with E-state index in [-0.39, 0.29) is 0 Å². The monoisotopic (exact) mass is 246 g/mol. The maximum absolute atomic E-state index is 5.89. The maximum atomic E-state index is 5.89. The third-order valence-electron chi connectivity index (χ3n) is 4.59. The second-order valence-electron chi connectivity index (χ2n) is 6.27. The van der Waals surface area contributed by atoms with Gasteiger partial charge in [0.2, 0.25) is 0 Å². The third kappa shape index (κ3) is 2.76. The first kappa shape index (κ1) is 13.6. The maximum Gasteiger partial charge on any atom is 0.0320 e. The number of benzene rings is 1. The molecule has 1 aromatic carbocycles. The lowest BCUT2D eigenvalue weighted by Gasteiger charge is -2.46. The highest BCUT2D eigenvalue weighted by Gasteiger charge is 2.36. The SMILES string of the molecule is CC(c1ccccc1)N1CCC(CN)C(C)(C)C1. The summed E-state index contributed by atoms with van der Waals surface area (Å²) in [6.45, 7) is 10.2. The quantitative estimate of drug-likeness (QED) is 0.888. The molecule has 0 bridgehead atoms. The van der Waals surface area contributed by atoms with Crippen LogP contribution in [0.4, 0.5) is 0 Å². The Labute approximate surface area is 111 Å². The van der Waals surface area contributed by atoms with E-state index in [1.54, 1.807) is 0 Å². The van der Waals surface area contributed by atoms with Crippen molar-refractivity contribution < 1.29 is 0 Å². The number of nitrogens with zero attached hydrogens (tertiary/aromatic N) is 1. The van der Waals surface area contributed by atoms with Crippen LogP contribution in [-0.4, -0.2) is 24.5 Å². The summed E-state index contributed by atoms with van der Waals surface area (Å²) < 4.78 is 0. The van der Waals surface area contributed by atoms with Crippen LogP contribution in [0.25, 0.3) is 0 Å². The fourth-order valence-corrected chi connectivity index (χ4v) is 3.15. The van der Waals surface area contributed by atoms with Gasteiger partial charge in [0.25, 0.3) is 0 Å². The third-order valence-corrected chi connectivity index (χ3v) is 4.59. The molecule has 2 rings (SSSR count). The molecule has 2 N–H and O–H groups in total. The van der Waals surface area contributed by atoms with Gasteiger partial charge in [0.1, 0.15) is 0 Å². The predicted molar refractivity (Wildman–Crippen MR) is 77.4 cm³/mol. The first-order valence-electron chi connectivity index (χ1n) is 7.03. The van der Waals surface area contributed by atoms with Crippen molar-refractivity contribution in [2.24, 2.45) is 17.1 Å². The molecule has 1 heterocycles. The van der Waals surface area contributed by atoms with E-state index in [9.17, 15) is 0 Å². The molecule has 1 aromatic rings. The van der Waals surface area contributed by atoms with Gasteiger partial charge < -0.3 is 5.73 Å². The van der Waals surface area contributed by atoms with E-state index in [1.165, 1.54) is 18.5 Å². The zero-order valence-corrected chi connectivity index (χ0v) is 11.9. The molecule has 0 saturated carbocycles. The second-order valence-corrected chi connectivity index (χ2v) is 6.27. The van der Waals surface area contributed by atoms with Crippen LogP contribution >= 0.6 is 0 Å². The van der Waals surface area contributed by atoms with Gasteiger partial charge in [-0.15, -0.1) is 0 Å². The molecule has 0 amide bonds. The number of rotatable bonds is 3. The van der Waals surface area contributed by atoms with Gasteiger partial charge in [0.05, 0.1) is 0 Å². The Morgan fingerprint density at radius 1 is 1.33 bits per heavy atom. The molecule has 0 aliphatic carbocycles. The smallest absolute Gasteiger partial charge is 0.0320 e. The Balaban J connectivity index is 2.08. The molecule has 1 aliphatic heterocycles. The second kappa shape index (κ2) is 5.41. The van der Waals surface area contributed by atoms with Crippen molar-refractivity contribution in [3.05, 3.63) is 35.9 Å². The van der Waals surface area contributed by atoms with Gasteiger partial charge in [0.15, 0.2) is 0 Å². The minimum atomic E-state index is 0.329. The Bertz CT molecular complexity index is 372. The zero-order chi connectivity index (χ0) is 13.2. The van der Waals surface area contributed by atoms with Crippen LogP contribution in [0, 0.1) is 11.3 Å². The van der Waals surface area contributed by atoms with E-state index in [2.05, 4.69) is 56.0 Å². The Morgan fingerprint density at radius 2 is 2.00 bits per heavy atom. The van der Waals surface area contributed by atoms with E-state index >= 15 is 0 Å². The molecule has 2 unspecified atom stereocenters. The van der Waals surface area contributed by atoms with Crippen LogP contribution in [0.3, 0.4) is 0 Å². The van der Waals surface area contributed by atoms with Crippen molar-refractivity contribution in [3.8, 4) is 0 Å². The number of hydrogen-bond donors (Lipinski definition) is 1. The van der Waals surface area contributed by atoms with Gasteiger partial charge in [-0.3, -0.25) is 4.90 Å². The molecule has 1 aliphatic rings. The molecule has 100 valence electrons. The van der Waals surface area contributed by atoms with Crippen LogP contribution in [0.2, 0.25) is 0 Å². The van der Waals surface area contributed by atoms with Crippen LogP contribution in [0.15, 0.2) is 30.3 Å². The standard InChI is InChI=1S/C16H26N2/c1-13(14-7-5-4-6-8-14)18-10-9-15(11-17)16(2,3)12-18/h4-8,13,15H,9-12,17H2,1-3H3. The Kier molecular flexibility index (Phi) is 4.08. The topological polar surface area (TPSA) is 29.3 Å². The van der Waals surface area contributed by atoms with Crippen LogP contribution in [-0.2, 0) is 0 Å². The summed E-state index contributed by atoms with van der Waals surface area (Å²) in [4.78, 5) is 2.60. The first-order valence-corrected chi connectivity index (χ1v) is 7.03. The average molecular weight is 246 g/mol. The molecular weight excluding hydrogens is 220 g/mol. The lowest BCUT2D eigenvalue weighted by atomic mass is 9.73. The Morgan fingerprint density at radius 3 is 2.56 bits per heavy atom. The van der Waals surface area contributed by atoms with Crippen LogP contribution in [0.1, 0.15) is 38.8 Å². The van der Waals surface area contributed by atoms with Gasteiger partial charge in [-0.05, 0) is 43.3 Å². The number of likely N-dealkylation sites (tertiary alicyclic amines) is 1. The summed E-state index contributed by atoms with van der Waals surface area (Å²) >= 11 is 0. The lowest BCUT2D eigenvalue weighted by Crippen LogP contribution is -2.48. The average Bonchev–Trinajstić information content (AvgIpc) is 2.37. The van der Waals surface area contributed by atoms with Crippen LogP contribution < -0.4 is 5.73 Å². The van der Waals surface area contributed by atoms with E-state index in [0.717, 1.165) is 13.1 Å². The minimum absolute atomic E-state index is 0.329. The summed E-state index contributed by atoms with van der Waals surface area (Å²) in [7, 11) is 0. The summed E-state index contributed by atoms with van der Waals surface area (Å²) in [5.74, 6) is 0.664. The fraction of sp³-hybridized carbons (Fsp3) is 0.625. The molecule has 0 radical (unpaired) electrons. The van der Waals surface area contributed by atoms with E-state index in [4.69, 9.17) is 5.73 Å². The van der Waals surface area contributed by atoms with Crippen LogP contribution in [0.5, 0.6) is 0 Å². The van der Waals surface area contributed by atoms with E-state index < -0.39 is 0 Å². The van der Waals surface area contributed by atoms with Crippen molar-refractivity contribution in [2.75, 3.05) is 19.6 Å². The van der Waals surface area contributed by atoms with E-state index in [1.807, 2.05) is 0 Å². The number of nitrogens with two attached hydrogens (primary N) is 1. The molecular formula is C16H26N2. The van der Waals surface area contributed by atoms with Crippen molar-refractivity contribution in [2.45, 2.75) is 33.2 Å². The lowest BCUT2D eigenvalue weighted by molar-refractivity contribution is 0.0357. The van der Waals surface area contributed by atoms with Crippen molar-refractivity contribution in [3.63, 3.8) is 0 Å². The number of hydrogen-bond acceptors (Lipinski definition) is 2. The highest BCUT2D eigenvalue weighted by molar-refractivity contribution is 5.18. The zero-order valence-electron chi connectivity index (χ0n) is 11.9. The predicted octanol–water partition coefficient (Wildman–Crippen LogP) is 3.05. The van der Waals surface area contributed by atoms with Gasteiger partial charge >= 0.3 is 0 Å². The van der Waals surface area contributed by atoms with Crippen molar-refractivity contribution in [1.82, 2.24) is 4.90 Å². The first-order chi connectivity index (χ1) is 8.54. The van der Waals surface area contributed by atoms with Crippen molar-refractivity contribution >= 4 is 0 Å². The summed E-state index contributed by atoms with van der Waals surface area (Å²) in [5.41, 5.74) is 7.64.